The topological polar surface area (TPSA) is 28.2 Å². The molecule has 2 saturated heterocycles. The Hall–Kier alpha value is 2.07. The van der Waals surface area contributed by atoms with Crippen LogP contribution >= 0.6 is 38.7 Å². The summed E-state index contributed by atoms with van der Waals surface area (Å²) in [6.45, 7) is 11.2. The van der Waals surface area contributed by atoms with Gasteiger partial charge in [-0.15, -0.1) is 25.2 Å². The molecular formula is C14H28I2N2Pt. The van der Waals surface area contributed by atoms with Crippen LogP contribution in [0.5, 0.6) is 0 Å². The predicted octanol–water partition coefficient (Wildman–Crippen LogP) is 6.13. The molecule has 2 heterocycles. The van der Waals surface area contributed by atoms with E-state index in [0.717, 1.165) is 24.9 Å². The Morgan fingerprint density at radius 3 is 1.26 bits per heavy atom. The van der Waals surface area contributed by atoms with Crippen LogP contribution in [0, 0.1) is 11.8 Å². The van der Waals surface area contributed by atoms with Crippen LogP contribution in [-0.4, -0.2) is 25.2 Å². The van der Waals surface area contributed by atoms with Gasteiger partial charge < -0.3 is 10.6 Å². The van der Waals surface area contributed by atoms with Crippen molar-refractivity contribution >= 4 is 38.7 Å². The van der Waals surface area contributed by atoms with Crippen molar-refractivity contribution < 1.29 is 11.2 Å². The number of rotatable bonds is 0. The van der Waals surface area contributed by atoms with Gasteiger partial charge in [-0.1, -0.05) is 53.4 Å². The zero-order valence-corrected chi connectivity index (χ0v) is 19.1. The maximum absolute atomic E-state index is 4.38. The number of nitrogens with zero attached hydrogens (tertiary/aromatic N) is 2. The van der Waals surface area contributed by atoms with Crippen LogP contribution in [0.25, 0.3) is 10.6 Å². The summed E-state index contributed by atoms with van der Waals surface area (Å²) in [5, 5.41) is 8.76. The fourth-order valence-corrected chi connectivity index (χ4v) is 2.58. The van der Waals surface area contributed by atoms with E-state index in [-0.39, 0.29) is 0 Å². The molecule has 19 heavy (non-hydrogen) atoms. The molecule has 5 heteroatoms. The first-order chi connectivity index (χ1) is 8.99. The molecule has 2 aliphatic rings. The molecule has 0 aromatic rings. The van der Waals surface area contributed by atoms with Crippen LogP contribution in [0.15, 0.2) is 0 Å². The third-order valence-corrected chi connectivity index (χ3v) is 3.61. The Labute approximate surface area is 149 Å². The van der Waals surface area contributed by atoms with E-state index < -0.39 is 0 Å². The van der Waals surface area contributed by atoms with Gasteiger partial charge in [0.25, 0.3) is 0 Å². The molecule has 0 aromatic carbocycles. The summed E-state index contributed by atoms with van der Waals surface area (Å²) < 4.78 is 0. The van der Waals surface area contributed by atoms with Crippen molar-refractivity contribution in [1.29, 1.82) is 0 Å². The third kappa shape index (κ3) is 13.5. The van der Waals surface area contributed by atoms with Crippen molar-refractivity contribution in [2.24, 2.45) is 11.8 Å². The number of hydrogen-bond donors (Lipinski definition) is 0. The molecule has 2 rings (SSSR count). The van der Waals surface area contributed by atoms with Crippen molar-refractivity contribution in [2.45, 2.75) is 65.5 Å². The van der Waals surface area contributed by atoms with Crippen LogP contribution in [0.2, 0.25) is 0 Å². The van der Waals surface area contributed by atoms with Crippen molar-refractivity contribution in [1.82, 2.24) is 0 Å². The van der Waals surface area contributed by atoms with E-state index in [1.54, 1.807) is 0 Å². The van der Waals surface area contributed by atoms with Gasteiger partial charge in [-0.05, 0) is 11.8 Å². The summed E-state index contributed by atoms with van der Waals surface area (Å²) in [6.07, 6.45) is 5.23. The van der Waals surface area contributed by atoms with Gasteiger partial charge in [0.2, 0.25) is 0 Å². The van der Waals surface area contributed by atoms with Crippen molar-refractivity contribution in [3.63, 3.8) is 0 Å². The summed E-state index contributed by atoms with van der Waals surface area (Å²) in [7, 11) is 0. The standard InChI is InChI=1S/2C7H14N.2HI.Pt/c2*1-6-3-4-8-7(2)5-6;;;/h2*6-7H,3-5H2,1-2H3;2*1H;/q2*-1;;;+4/p-2/t2*6-,7-;;;/m10.../s1. The van der Waals surface area contributed by atoms with Gasteiger partial charge in [0.05, 0.1) is 0 Å². The molecule has 0 spiro atoms. The van der Waals surface area contributed by atoms with Gasteiger partial charge in [0, 0.05) is 0 Å². The quantitative estimate of drug-likeness (QED) is 0.278. The normalized spacial score (nSPS) is 34.6. The molecule has 0 amide bonds. The van der Waals surface area contributed by atoms with E-state index in [4.69, 9.17) is 0 Å². The summed E-state index contributed by atoms with van der Waals surface area (Å²) >= 11 is 5.30. The third-order valence-electron chi connectivity index (χ3n) is 3.61. The molecule has 0 radical (unpaired) electrons. The SMILES string of the molecule is C[C@@H]1CC[N-][C@H](C)C1.C[C@H]1CC[N-][C@@H](C)C1.[I][Pt+2][I]. The van der Waals surface area contributed by atoms with Crippen LogP contribution < -0.4 is 0 Å². The Morgan fingerprint density at radius 2 is 1.11 bits per heavy atom. The van der Waals surface area contributed by atoms with Gasteiger partial charge in [-0.25, -0.2) is 0 Å². The van der Waals surface area contributed by atoms with Crippen molar-refractivity contribution in [3.05, 3.63) is 10.6 Å². The average Bonchev–Trinajstić information content (AvgIpc) is 2.30. The molecule has 0 N–H and O–H groups in total. The summed E-state index contributed by atoms with van der Waals surface area (Å²) in [5.41, 5.74) is 0. The Kier molecular flexibility index (Phi) is 15.2. The molecule has 0 saturated carbocycles. The second-order valence-electron chi connectivity index (χ2n) is 5.81. The monoisotopic (exact) mass is 673 g/mol. The van der Waals surface area contributed by atoms with E-state index in [9.17, 15) is 0 Å². The van der Waals surface area contributed by atoms with Gasteiger partial charge in [-0.3, -0.25) is 0 Å². The molecule has 0 unspecified atom stereocenters. The zero-order valence-electron chi connectivity index (χ0n) is 12.5. The molecule has 0 aliphatic carbocycles. The number of hydrogen-bond acceptors (Lipinski definition) is 0. The van der Waals surface area contributed by atoms with Crippen LogP contribution in [0.4, 0.5) is 0 Å². The maximum atomic E-state index is 4.38. The first-order valence-corrected chi connectivity index (χ1v) is 20.0. The summed E-state index contributed by atoms with van der Waals surface area (Å²) in [4.78, 5) is 0. The van der Waals surface area contributed by atoms with E-state index in [2.05, 4.69) is 77.0 Å². The first-order valence-electron chi connectivity index (χ1n) is 7.15. The van der Waals surface area contributed by atoms with E-state index in [1.807, 2.05) is 0 Å². The fraction of sp³-hybridized carbons (Fsp3) is 1.00. The van der Waals surface area contributed by atoms with Gasteiger partial charge in [-0.2, -0.15) is 0 Å². The Balaban J connectivity index is 0.000000284. The second kappa shape index (κ2) is 13.7. The summed E-state index contributed by atoms with van der Waals surface area (Å²) in [5.74, 6) is 1.84. The Bertz CT molecular complexity index is 172. The fourth-order valence-electron chi connectivity index (χ4n) is 2.58. The average molecular weight is 673 g/mol. The minimum absolute atomic E-state index is 0.523. The van der Waals surface area contributed by atoms with Crippen LogP contribution in [0.1, 0.15) is 53.4 Å². The van der Waals surface area contributed by atoms with Gasteiger partial charge in [0.15, 0.2) is 0 Å². The van der Waals surface area contributed by atoms with Crippen LogP contribution in [-0.2, 0) is 11.2 Å². The van der Waals surface area contributed by atoms with E-state index in [0.29, 0.717) is 23.3 Å². The number of piperidine rings is 2. The molecule has 118 valence electrons. The molecule has 0 bridgehead atoms. The van der Waals surface area contributed by atoms with Gasteiger partial charge >= 0.3 is 49.9 Å². The van der Waals surface area contributed by atoms with Crippen molar-refractivity contribution in [2.75, 3.05) is 13.1 Å². The second-order valence-corrected chi connectivity index (χ2v) is 22.4. The molecule has 2 nitrogen and oxygen atoms in total. The Morgan fingerprint density at radius 1 is 0.789 bits per heavy atom. The predicted molar refractivity (Wildman–Crippen MR) is 100 cm³/mol. The minimum atomic E-state index is 0.523. The van der Waals surface area contributed by atoms with Gasteiger partial charge in [0.1, 0.15) is 0 Å². The molecule has 4 atom stereocenters. The zero-order chi connectivity index (χ0) is 14.7. The van der Waals surface area contributed by atoms with Crippen LogP contribution in [0.3, 0.4) is 0 Å². The molecule has 2 fully saturated rings. The number of halogens is 2. The molecular weight excluding hydrogens is 645 g/mol. The molecule has 0 aromatic heterocycles. The van der Waals surface area contributed by atoms with E-state index in [1.165, 1.54) is 25.7 Å². The summed E-state index contributed by atoms with van der Waals surface area (Å²) in [6, 6.07) is 1.28. The first kappa shape index (κ1) is 21.1. The molecule has 2 aliphatic heterocycles. The van der Waals surface area contributed by atoms with Crippen molar-refractivity contribution in [3.8, 4) is 0 Å². The van der Waals surface area contributed by atoms with E-state index >= 15 is 0 Å².